The molecule has 0 spiro atoms. The average molecular weight is 431 g/mol. The predicted molar refractivity (Wildman–Crippen MR) is 119 cm³/mol. The molecule has 1 saturated heterocycles. The van der Waals surface area contributed by atoms with Crippen molar-refractivity contribution in [3.63, 3.8) is 0 Å². The van der Waals surface area contributed by atoms with Gasteiger partial charge in [0.1, 0.15) is 17.2 Å². The lowest BCUT2D eigenvalue weighted by Crippen LogP contribution is -2.45. The van der Waals surface area contributed by atoms with E-state index in [9.17, 15) is 13.2 Å². The number of likely N-dealkylation sites (tertiary alicyclic amines) is 1. The number of amides is 1. The van der Waals surface area contributed by atoms with Gasteiger partial charge in [-0.2, -0.15) is 0 Å². The zero-order chi connectivity index (χ0) is 21.7. The topological polar surface area (TPSA) is 66.9 Å². The van der Waals surface area contributed by atoms with Crippen LogP contribution in [0.15, 0.2) is 47.4 Å². The first-order valence-corrected chi connectivity index (χ1v) is 11.8. The lowest BCUT2D eigenvalue weighted by molar-refractivity contribution is -0.130. The zero-order valence-corrected chi connectivity index (χ0v) is 18.7. The molecule has 2 aromatic rings. The number of nitrogens with zero attached hydrogens (tertiary/aromatic N) is 2. The third kappa shape index (κ3) is 4.78. The van der Waals surface area contributed by atoms with Crippen molar-refractivity contribution in [2.45, 2.75) is 44.4 Å². The standard InChI is InChI=1S/C23H30N2O4S/c1-4-19-9-11-20(12-10-19)25(17-23(26)24-14-6-5-7-15-24)30(27,28)22-16-18(2)8-13-21(22)29-3/h8-13,16H,4-7,14-15,17H2,1-3H3. The number of hydrogen-bond acceptors (Lipinski definition) is 4. The largest absolute Gasteiger partial charge is 0.495 e. The quantitative estimate of drug-likeness (QED) is 0.671. The second-order valence-electron chi connectivity index (χ2n) is 7.63. The lowest BCUT2D eigenvalue weighted by atomic mass is 10.1. The van der Waals surface area contributed by atoms with Crippen LogP contribution in [-0.2, 0) is 21.2 Å². The molecule has 1 aliphatic rings. The average Bonchev–Trinajstić information content (AvgIpc) is 2.78. The van der Waals surface area contributed by atoms with Crippen molar-refractivity contribution in [1.82, 2.24) is 4.90 Å². The number of ether oxygens (including phenoxy) is 1. The van der Waals surface area contributed by atoms with E-state index >= 15 is 0 Å². The summed E-state index contributed by atoms with van der Waals surface area (Å²) in [5, 5.41) is 0. The number of rotatable bonds is 7. The van der Waals surface area contributed by atoms with Crippen LogP contribution in [0.3, 0.4) is 0 Å². The van der Waals surface area contributed by atoms with Crippen molar-refractivity contribution >= 4 is 21.6 Å². The monoisotopic (exact) mass is 430 g/mol. The molecule has 0 unspecified atom stereocenters. The highest BCUT2D eigenvalue weighted by Crippen LogP contribution is 2.31. The Morgan fingerprint density at radius 1 is 1.07 bits per heavy atom. The Kier molecular flexibility index (Phi) is 7.02. The van der Waals surface area contributed by atoms with Gasteiger partial charge in [-0.05, 0) is 68.0 Å². The van der Waals surface area contributed by atoms with Gasteiger partial charge in [0.15, 0.2) is 0 Å². The smallest absolute Gasteiger partial charge is 0.268 e. The SMILES string of the molecule is CCc1ccc(N(CC(=O)N2CCCCC2)S(=O)(=O)c2cc(C)ccc2OC)cc1. The molecule has 0 saturated carbocycles. The van der Waals surface area contributed by atoms with Crippen LogP contribution in [0.2, 0.25) is 0 Å². The van der Waals surface area contributed by atoms with Crippen LogP contribution in [0.1, 0.15) is 37.3 Å². The number of benzene rings is 2. The molecule has 6 nitrogen and oxygen atoms in total. The summed E-state index contributed by atoms with van der Waals surface area (Å²) in [6.45, 7) is 4.99. The van der Waals surface area contributed by atoms with Gasteiger partial charge < -0.3 is 9.64 Å². The van der Waals surface area contributed by atoms with Gasteiger partial charge in [0.2, 0.25) is 5.91 Å². The van der Waals surface area contributed by atoms with Crippen molar-refractivity contribution in [2.75, 3.05) is 31.0 Å². The van der Waals surface area contributed by atoms with E-state index in [0.29, 0.717) is 18.8 Å². The Balaban J connectivity index is 2.03. The molecule has 3 rings (SSSR count). The number of carbonyl (C=O) groups excluding carboxylic acids is 1. The lowest BCUT2D eigenvalue weighted by Gasteiger charge is -2.31. The predicted octanol–water partition coefficient (Wildman–Crippen LogP) is 3.77. The van der Waals surface area contributed by atoms with Crippen molar-refractivity contribution < 1.29 is 17.9 Å². The van der Waals surface area contributed by atoms with Gasteiger partial charge in [-0.25, -0.2) is 8.42 Å². The number of piperidine rings is 1. The molecule has 30 heavy (non-hydrogen) atoms. The summed E-state index contributed by atoms with van der Waals surface area (Å²) in [6.07, 6.45) is 3.86. The summed E-state index contributed by atoms with van der Waals surface area (Å²) < 4.78 is 34.0. The molecular weight excluding hydrogens is 400 g/mol. The minimum atomic E-state index is -4.01. The third-order valence-corrected chi connectivity index (χ3v) is 7.30. The van der Waals surface area contributed by atoms with Gasteiger partial charge in [-0.1, -0.05) is 25.1 Å². The fourth-order valence-electron chi connectivity index (χ4n) is 3.68. The first-order chi connectivity index (χ1) is 14.4. The van der Waals surface area contributed by atoms with Gasteiger partial charge in [-0.3, -0.25) is 9.10 Å². The maximum absolute atomic E-state index is 13.7. The fourth-order valence-corrected chi connectivity index (χ4v) is 5.34. The van der Waals surface area contributed by atoms with E-state index in [4.69, 9.17) is 4.74 Å². The van der Waals surface area contributed by atoms with Crippen molar-refractivity contribution in [2.24, 2.45) is 0 Å². The van der Waals surface area contributed by atoms with E-state index in [0.717, 1.165) is 36.8 Å². The molecule has 0 N–H and O–H groups in total. The molecule has 0 radical (unpaired) electrons. The molecule has 1 amide bonds. The number of hydrogen-bond donors (Lipinski definition) is 0. The summed E-state index contributed by atoms with van der Waals surface area (Å²) in [7, 11) is -2.56. The minimum absolute atomic E-state index is 0.0658. The normalized spacial score (nSPS) is 14.4. The number of methoxy groups -OCH3 is 1. The molecule has 0 aromatic heterocycles. The molecule has 0 atom stereocenters. The van der Waals surface area contributed by atoms with Gasteiger partial charge in [-0.15, -0.1) is 0 Å². The molecule has 0 aliphatic carbocycles. The summed E-state index contributed by atoms with van der Waals surface area (Å²) in [4.78, 5) is 14.8. The highest BCUT2D eigenvalue weighted by molar-refractivity contribution is 7.93. The number of carbonyl (C=O) groups is 1. The second-order valence-corrected chi connectivity index (χ2v) is 9.46. The minimum Gasteiger partial charge on any atom is -0.495 e. The van der Waals surface area contributed by atoms with E-state index in [-0.39, 0.29) is 23.1 Å². The second kappa shape index (κ2) is 9.51. The first kappa shape index (κ1) is 22.2. The zero-order valence-electron chi connectivity index (χ0n) is 17.9. The fraction of sp³-hybridized carbons (Fsp3) is 0.435. The van der Waals surface area contributed by atoms with Crippen LogP contribution in [0.5, 0.6) is 5.75 Å². The van der Waals surface area contributed by atoms with Crippen LogP contribution < -0.4 is 9.04 Å². The van der Waals surface area contributed by atoms with Gasteiger partial charge in [0, 0.05) is 13.1 Å². The molecule has 2 aromatic carbocycles. The van der Waals surface area contributed by atoms with E-state index < -0.39 is 10.0 Å². The Bertz CT molecular complexity index is 981. The van der Waals surface area contributed by atoms with E-state index in [1.807, 2.05) is 26.0 Å². The summed E-state index contributed by atoms with van der Waals surface area (Å²) in [6, 6.07) is 12.4. The van der Waals surface area contributed by atoms with Crippen molar-refractivity contribution in [3.8, 4) is 5.75 Å². The highest BCUT2D eigenvalue weighted by Gasteiger charge is 2.31. The van der Waals surface area contributed by atoms with Gasteiger partial charge in [0.05, 0.1) is 12.8 Å². The van der Waals surface area contributed by atoms with Crippen LogP contribution in [-0.4, -0.2) is 46.0 Å². The summed E-state index contributed by atoms with van der Waals surface area (Å²) in [5.41, 5.74) is 2.38. The van der Waals surface area contributed by atoms with E-state index in [1.54, 1.807) is 35.2 Å². The van der Waals surface area contributed by atoms with Gasteiger partial charge >= 0.3 is 0 Å². The third-order valence-electron chi connectivity index (χ3n) is 5.51. The highest BCUT2D eigenvalue weighted by atomic mass is 32.2. The molecule has 1 fully saturated rings. The van der Waals surface area contributed by atoms with Gasteiger partial charge in [0.25, 0.3) is 10.0 Å². The Hall–Kier alpha value is -2.54. The molecule has 162 valence electrons. The summed E-state index contributed by atoms with van der Waals surface area (Å²) in [5.74, 6) is 0.0886. The Labute approximate surface area is 179 Å². The maximum atomic E-state index is 13.7. The number of anilines is 1. The molecule has 0 bridgehead atoms. The van der Waals surface area contributed by atoms with Crippen molar-refractivity contribution in [3.05, 3.63) is 53.6 Å². The van der Waals surface area contributed by atoms with Crippen molar-refractivity contribution in [1.29, 1.82) is 0 Å². The Morgan fingerprint density at radius 2 is 1.73 bits per heavy atom. The summed E-state index contributed by atoms with van der Waals surface area (Å²) >= 11 is 0. The van der Waals surface area contributed by atoms with E-state index in [2.05, 4.69) is 0 Å². The maximum Gasteiger partial charge on any atom is 0.268 e. The molecule has 1 heterocycles. The molecular formula is C23H30N2O4S. The van der Waals surface area contributed by atoms with Crippen LogP contribution in [0, 0.1) is 6.92 Å². The molecule has 1 aliphatic heterocycles. The van der Waals surface area contributed by atoms with Crippen LogP contribution in [0.4, 0.5) is 5.69 Å². The van der Waals surface area contributed by atoms with E-state index in [1.165, 1.54) is 11.4 Å². The van der Waals surface area contributed by atoms with Crippen LogP contribution in [0.25, 0.3) is 0 Å². The van der Waals surface area contributed by atoms with Crippen LogP contribution >= 0.6 is 0 Å². The number of aryl methyl sites for hydroxylation is 2. The number of sulfonamides is 1. The first-order valence-electron chi connectivity index (χ1n) is 10.4. The Morgan fingerprint density at radius 3 is 2.33 bits per heavy atom. The molecule has 7 heteroatoms.